The maximum atomic E-state index is 11.8. The predicted molar refractivity (Wildman–Crippen MR) is 82.7 cm³/mol. The summed E-state index contributed by atoms with van der Waals surface area (Å²) in [5.41, 5.74) is 2.07. The van der Waals surface area contributed by atoms with Crippen LogP contribution in [0.5, 0.6) is 0 Å². The number of benzene rings is 2. The van der Waals surface area contributed by atoms with Crippen molar-refractivity contribution in [1.29, 1.82) is 0 Å². The van der Waals surface area contributed by atoms with Gasteiger partial charge in [0, 0.05) is 5.56 Å². The Hall–Kier alpha value is -2.71. The number of methoxy groups -OCH3 is 1. The van der Waals surface area contributed by atoms with E-state index in [4.69, 9.17) is 9.29 Å². The van der Waals surface area contributed by atoms with Crippen LogP contribution in [0.1, 0.15) is 10.4 Å². The fourth-order valence-corrected chi connectivity index (χ4v) is 2.71. The molecule has 0 aliphatic carbocycles. The molecule has 0 bridgehead atoms. The third kappa shape index (κ3) is 2.81. The van der Waals surface area contributed by atoms with Crippen molar-refractivity contribution in [3.63, 3.8) is 0 Å². The van der Waals surface area contributed by atoms with Crippen molar-refractivity contribution in [2.45, 2.75) is 4.90 Å². The van der Waals surface area contributed by atoms with Crippen LogP contribution in [-0.2, 0) is 14.9 Å². The smallest absolute Gasteiger partial charge is 0.340 e. The Kier molecular flexibility index (Phi) is 3.63. The largest absolute Gasteiger partial charge is 0.465 e. The summed E-state index contributed by atoms with van der Waals surface area (Å²) in [6.07, 6.45) is 0. The van der Waals surface area contributed by atoms with Gasteiger partial charge in [-0.2, -0.15) is 8.42 Å². The molecule has 7 nitrogen and oxygen atoms in total. The number of aromatic nitrogens is 2. The molecule has 8 heteroatoms. The predicted octanol–water partition coefficient (Wildman–Crippen LogP) is 2.26. The first-order valence-electron chi connectivity index (χ1n) is 6.55. The molecule has 1 heterocycles. The zero-order valence-corrected chi connectivity index (χ0v) is 12.8. The molecule has 0 atom stereocenters. The van der Waals surface area contributed by atoms with Crippen LogP contribution in [0.25, 0.3) is 22.4 Å². The summed E-state index contributed by atoms with van der Waals surface area (Å²) in [7, 11) is -2.95. The van der Waals surface area contributed by atoms with Crippen LogP contribution in [0.2, 0.25) is 0 Å². The SMILES string of the molecule is COC(=O)c1cccc2[nH]c(-c3ccc(S(=O)(=O)O)cc3)nc12. The van der Waals surface area contributed by atoms with E-state index in [9.17, 15) is 13.2 Å². The third-order valence-corrected chi connectivity index (χ3v) is 4.21. The summed E-state index contributed by atoms with van der Waals surface area (Å²) < 4.78 is 35.8. The second-order valence-electron chi connectivity index (χ2n) is 4.78. The highest BCUT2D eigenvalue weighted by atomic mass is 32.2. The lowest BCUT2D eigenvalue weighted by Gasteiger charge is -1.99. The lowest BCUT2D eigenvalue weighted by molar-refractivity contribution is 0.0603. The Morgan fingerprint density at radius 1 is 1.17 bits per heavy atom. The van der Waals surface area contributed by atoms with E-state index in [1.165, 1.54) is 31.4 Å². The highest BCUT2D eigenvalue weighted by Crippen LogP contribution is 2.24. The highest BCUT2D eigenvalue weighted by Gasteiger charge is 2.15. The van der Waals surface area contributed by atoms with Gasteiger partial charge in [-0.3, -0.25) is 4.55 Å². The Labute approximate surface area is 131 Å². The van der Waals surface area contributed by atoms with Gasteiger partial charge in [0.1, 0.15) is 11.3 Å². The Balaban J connectivity index is 2.09. The minimum atomic E-state index is -4.24. The van der Waals surface area contributed by atoms with E-state index in [-0.39, 0.29) is 4.90 Å². The van der Waals surface area contributed by atoms with E-state index in [0.29, 0.717) is 28.0 Å². The van der Waals surface area contributed by atoms with E-state index < -0.39 is 16.1 Å². The highest BCUT2D eigenvalue weighted by molar-refractivity contribution is 7.85. The third-order valence-electron chi connectivity index (χ3n) is 3.34. The summed E-state index contributed by atoms with van der Waals surface area (Å²) in [6, 6.07) is 10.7. The number of esters is 1. The fourth-order valence-electron chi connectivity index (χ4n) is 2.23. The normalized spacial score (nSPS) is 11.6. The number of fused-ring (bicyclic) bond motifs is 1. The second kappa shape index (κ2) is 5.49. The van der Waals surface area contributed by atoms with Crippen molar-refractivity contribution in [2.24, 2.45) is 0 Å². The molecule has 0 spiro atoms. The van der Waals surface area contributed by atoms with Crippen molar-refractivity contribution in [3.8, 4) is 11.4 Å². The van der Waals surface area contributed by atoms with Gasteiger partial charge in [-0.05, 0) is 36.4 Å². The van der Waals surface area contributed by atoms with E-state index in [2.05, 4.69) is 9.97 Å². The van der Waals surface area contributed by atoms with Crippen LogP contribution in [0.3, 0.4) is 0 Å². The monoisotopic (exact) mass is 332 g/mol. The number of carbonyl (C=O) groups excluding carboxylic acids is 1. The number of H-pyrrole nitrogens is 1. The first-order chi connectivity index (χ1) is 10.9. The van der Waals surface area contributed by atoms with E-state index >= 15 is 0 Å². The summed E-state index contributed by atoms with van der Waals surface area (Å²) in [6.45, 7) is 0. The van der Waals surface area contributed by atoms with Crippen molar-refractivity contribution in [1.82, 2.24) is 9.97 Å². The maximum Gasteiger partial charge on any atom is 0.340 e. The molecule has 2 N–H and O–H groups in total. The van der Waals surface area contributed by atoms with Crippen LogP contribution >= 0.6 is 0 Å². The van der Waals surface area contributed by atoms with Gasteiger partial charge >= 0.3 is 5.97 Å². The van der Waals surface area contributed by atoms with E-state index in [1.807, 2.05) is 0 Å². The molecule has 0 aliphatic heterocycles. The van der Waals surface area contributed by atoms with Crippen LogP contribution in [-0.4, -0.2) is 36.0 Å². The number of para-hydroxylation sites is 1. The number of carbonyl (C=O) groups is 1. The number of ether oxygens (including phenoxy) is 1. The molecule has 0 saturated heterocycles. The van der Waals surface area contributed by atoms with Gasteiger partial charge in [-0.25, -0.2) is 9.78 Å². The van der Waals surface area contributed by atoms with Gasteiger partial charge < -0.3 is 9.72 Å². The Bertz CT molecular complexity index is 990. The van der Waals surface area contributed by atoms with Crippen LogP contribution in [0.15, 0.2) is 47.4 Å². The van der Waals surface area contributed by atoms with Gasteiger partial charge in [-0.1, -0.05) is 6.07 Å². The molecule has 0 fully saturated rings. The minimum absolute atomic E-state index is 0.201. The fraction of sp³-hybridized carbons (Fsp3) is 0.0667. The topological polar surface area (TPSA) is 109 Å². The molecule has 3 aromatic rings. The van der Waals surface area contributed by atoms with E-state index in [1.54, 1.807) is 18.2 Å². The average molecular weight is 332 g/mol. The lowest BCUT2D eigenvalue weighted by Crippen LogP contribution is -2.01. The number of aromatic amines is 1. The van der Waals surface area contributed by atoms with Gasteiger partial charge in [0.15, 0.2) is 0 Å². The van der Waals surface area contributed by atoms with Crippen molar-refractivity contribution < 1.29 is 22.5 Å². The van der Waals surface area contributed by atoms with Crippen LogP contribution in [0.4, 0.5) is 0 Å². The Morgan fingerprint density at radius 3 is 2.48 bits per heavy atom. The lowest BCUT2D eigenvalue weighted by atomic mass is 10.2. The number of hydrogen-bond acceptors (Lipinski definition) is 5. The number of rotatable bonds is 3. The molecular formula is C15H12N2O5S. The molecule has 3 rings (SSSR count). The number of nitrogens with one attached hydrogen (secondary N) is 1. The standard InChI is InChI=1S/C15H12N2O5S/c1-22-15(18)11-3-2-4-12-13(11)17-14(16-12)9-5-7-10(8-6-9)23(19,20)21/h2-8H,1H3,(H,16,17)(H,19,20,21). The molecule has 0 radical (unpaired) electrons. The molecule has 2 aromatic carbocycles. The molecule has 0 amide bonds. The number of hydrogen-bond donors (Lipinski definition) is 2. The molecule has 0 saturated carbocycles. The zero-order chi connectivity index (χ0) is 16.6. The van der Waals surface area contributed by atoms with Gasteiger partial charge in [0.05, 0.1) is 23.1 Å². The summed E-state index contributed by atoms with van der Waals surface area (Å²) in [5.74, 6) is -0.0198. The van der Waals surface area contributed by atoms with Crippen molar-refractivity contribution >= 4 is 27.1 Å². The maximum absolute atomic E-state index is 11.8. The van der Waals surface area contributed by atoms with Gasteiger partial charge in [0.25, 0.3) is 10.1 Å². The molecule has 118 valence electrons. The van der Waals surface area contributed by atoms with Gasteiger partial charge in [-0.15, -0.1) is 0 Å². The summed E-state index contributed by atoms with van der Waals surface area (Å²) in [4.78, 5) is 19.0. The average Bonchev–Trinajstić information content (AvgIpc) is 2.97. The number of nitrogens with zero attached hydrogens (tertiary/aromatic N) is 1. The first kappa shape index (κ1) is 15.2. The quantitative estimate of drug-likeness (QED) is 0.562. The molecule has 23 heavy (non-hydrogen) atoms. The molecular weight excluding hydrogens is 320 g/mol. The van der Waals surface area contributed by atoms with Gasteiger partial charge in [0.2, 0.25) is 0 Å². The minimum Gasteiger partial charge on any atom is -0.465 e. The van der Waals surface area contributed by atoms with Crippen LogP contribution in [0, 0.1) is 0 Å². The summed E-state index contributed by atoms with van der Waals surface area (Å²) >= 11 is 0. The Morgan fingerprint density at radius 2 is 1.87 bits per heavy atom. The zero-order valence-electron chi connectivity index (χ0n) is 12.0. The second-order valence-corrected chi connectivity index (χ2v) is 6.20. The van der Waals surface area contributed by atoms with Crippen LogP contribution < -0.4 is 0 Å². The van der Waals surface area contributed by atoms with Crippen molar-refractivity contribution in [2.75, 3.05) is 7.11 Å². The molecule has 0 aliphatic rings. The molecule has 0 unspecified atom stereocenters. The van der Waals surface area contributed by atoms with Crippen molar-refractivity contribution in [3.05, 3.63) is 48.0 Å². The van der Waals surface area contributed by atoms with E-state index in [0.717, 1.165) is 0 Å². The summed E-state index contributed by atoms with van der Waals surface area (Å²) in [5, 5.41) is 0. The number of imidazole rings is 1. The first-order valence-corrected chi connectivity index (χ1v) is 7.99. The molecule has 1 aromatic heterocycles.